The van der Waals surface area contributed by atoms with Gasteiger partial charge in [-0.25, -0.2) is 9.97 Å². The van der Waals surface area contributed by atoms with Crippen LogP contribution in [0.5, 0.6) is 0 Å². The van der Waals surface area contributed by atoms with Crippen LogP contribution in [0.4, 0.5) is 5.95 Å². The van der Waals surface area contributed by atoms with E-state index in [1.54, 1.807) is 19.4 Å². The lowest BCUT2D eigenvalue weighted by Gasteiger charge is -2.27. The van der Waals surface area contributed by atoms with Crippen molar-refractivity contribution >= 4 is 11.9 Å². The third-order valence-corrected chi connectivity index (χ3v) is 3.76. The molecule has 1 heterocycles. The summed E-state index contributed by atoms with van der Waals surface area (Å²) in [5.74, 6) is 0.367. The summed E-state index contributed by atoms with van der Waals surface area (Å²) >= 11 is 0. The monoisotopic (exact) mass is 342 g/mol. The molecule has 0 aliphatic heterocycles. The van der Waals surface area contributed by atoms with Crippen LogP contribution in [0.15, 0.2) is 42.6 Å². The van der Waals surface area contributed by atoms with Gasteiger partial charge in [-0.1, -0.05) is 30.3 Å². The highest BCUT2D eigenvalue weighted by molar-refractivity contribution is 5.92. The Hall–Kier alpha value is -2.47. The van der Waals surface area contributed by atoms with Gasteiger partial charge >= 0.3 is 0 Å². The molecule has 0 saturated carbocycles. The predicted molar refractivity (Wildman–Crippen MR) is 98.6 cm³/mol. The first-order valence-electron chi connectivity index (χ1n) is 8.52. The van der Waals surface area contributed by atoms with E-state index in [4.69, 9.17) is 4.74 Å². The van der Waals surface area contributed by atoms with Crippen molar-refractivity contribution in [3.05, 3.63) is 53.9 Å². The zero-order valence-corrected chi connectivity index (χ0v) is 15.1. The van der Waals surface area contributed by atoms with Crippen LogP contribution in [0.2, 0.25) is 0 Å². The second-order valence-corrected chi connectivity index (χ2v) is 6.05. The molecule has 6 nitrogen and oxygen atoms in total. The van der Waals surface area contributed by atoms with Crippen LogP contribution in [0.1, 0.15) is 36.3 Å². The number of hydrogen-bond acceptors (Lipinski definition) is 5. The molecule has 2 aromatic rings. The van der Waals surface area contributed by atoms with Crippen molar-refractivity contribution in [2.75, 3.05) is 25.2 Å². The van der Waals surface area contributed by atoms with Gasteiger partial charge in [0.2, 0.25) is 5.95 Å². The second-order valence-electron chi connectivity index (χ2n) is 6.05. The van der Waals surface area contributed by atoms with E-state index in [-0.39, 0.29) is 11.9 Å². The molecule has 0 atom stereocenters. The minimum absolute atomic E-state index is 0.192. The summed E-state index contributed by atoms with van der Waals surface area (Å²) in [5, 5.41) is 2.85. The number of hydrogen-bond donors (Lipinski definition) is 1. The standard InChI is InChI=1S/C19H26N4O2/c1-15(2)23(14-16-8-5-4-6-9-16)19-21-12-10-17(22-19)18(24)20-11-7-13-25-3/h4-6,8-10,12,15H,7,11,13-14H2,1-3H3,(H,20,24). The van der Waals surface area contributed by atoms with Crippen LogP contribution in [-0.2, 0) is 11.3 Å². The Bertz CT molecular complexity index is 661. The van der Waals surface area contributed by atoms with E-state index in [9.17, 15) is 4.79 Å². The van der Waals surface area contributed by atoms with E-state index in [0.29, 0.717) is 31.3 Å². The minimum atomic E-state index is -0.192. The summed E-state index contributed by atoms with van der Waals surface area (Å²) in [7, 11) is 1.64. The highest BCUT2D eigenvalue weighted by Crippen LogP contribution is 2.16. The van der Waals surface area contributed by atoms with Crippen molar-refractivity contribution in [2.24, 2.45) is 0 Å². The lowest BCUT2D eigenvalue weighted by atomic mass is 10.2. The molecule has 2 rings (SSSR count). The summed E-state index contributed by atoms with van der Waals surface area (Å²) in [6, 6.07) is 12.0. The Morgan fingerprint density at radius 2 is 2.00 bits per heavy atom. The molecule has 0 aliphatic carbocycles. The van der Waals surface area contributed by atoms with Crippen molar-refractivity contribution in [1.82, 2.24) is 15.3 Å². The Labute approximate surface area is 149 Å². The summed E-state index contributed by atoms with van der Waals surface area (Å²) in [6.07, 6.45) is 2.40. The molecular weight excluding hydrogens is 316 g/mol. The van der Waals surface area contributed by atoms with E-state index < -0.39 is 0 Å². The molecule has 6 heteroatoms. The summed E-state index contributed by atoms with van der Waals surface area (Å²) < 4.78 is 4.98. The molecule has 0 radical (unpaired) electrons. The fraction of sp³-hybridized carbons (Fsp3) is 0.421. The van der Waals surface area contributed by atoms with E-state index in [1.807, 2.05) is 18.2 Å². The van der Waals surface area contributed by atoms with Gasteiger partial charge in [-0.05, 0) is 31.9 Å². The van der Waals surface area contributed by atoms with Gasteiger partial charge < -0.3 is 15.0 Å². The van der Waals surface area contributed by atoms with E-state index >= 15 is 0 Å². The molecule has 0 aliphatic rings. The molecule has 1 amide bonds. The van der Waals surface area contributed by atoms with Gasteiger partial charge in [0.1, 0.15) is 5.69 Å². The van der Waals surface area contributed by atoms with Gasteiger partial charge in [-0.3, -0.25) is 4.79 Å². The number of carbonyl (C=O) groups excluding carboxylic acids is 1. The quantitative estimate of drug-likeness (QED) is 0.710. The number of nitrogens with one attached hydrogen (secondary N) is 1. The van der Waals surface area contributed by atoms with Gasteiger partial charge in [0.25, 0.3) is 5.91 Å². The molecule has 1 N–H and O–H groups in total. The van der Waals surface area contributed by atoms with Crippen molar-refractivity contribution in [3.63, 3.8) is 0 Å². The van der Waals surface area contributed by atoms with Gasteiger partial charge in [-0.15, -0.1) is 0 Å². The number of anilines is 1. The highest BCUT2D eigenvalue weighted by Gasteiger charge is 2.16. The maximum atomic E-state index is 12.3. The first-order valence-corrected chi connectivity index (χ1v) is 8.52. The highest BCUT2D eigenvalue weighted by atomic mass is 16.5. The van der Waals surface area contributed by atoms with Gasteiger partial charge in [0, 0.05) is 39.0 Å². The van der Waals surface area contributed by atoms with Gasteiger partial charge in [0.05, 0.1) is 0 Å². The fourth-order valence-corrected chi connectivity index (χ4v) is 2.39. The maximum Gasteiger partial charge on any atom is 0.270 e. The van der Waals surface area contributed by atoms with E-state index in [1.165, 1.54) is 5.56 Å². The molecule has 0 unspecified atom stereocenters. The SMILES string of the molecule is COCCCNC(=O)c1ccnc(N(Cc2ccccc2)C(C)C)n1. The predicted octanol–water partition coefficient (Wildman–Crippen LogP) is 2.66. The second kappa shape index (κ2) is 9.74. The van der Waals surface area contributed by atoms with Crippen molar-refractivity contribution in [3.8, 4) is 0 Å². The third-order valence-electron chi connectivity index (χ3n) is 3.76. The van der Waals surface area contributed by atoms with Crippen molar-refractivity contribution in [2.45, 2.75) is 32.9 Å². The van der Waals surface area contributed by atoms with Crippen LogP contribution >= 0.6 is 0 Å². The Morgan fingerprint density at radius 1 is 1.24 bits per heavy atom. The average Bonchev–Trinajstić information content (AvgIpc) is 2.64. The maximum absolute atomic E-state index is 12.3. The van der Waals surface area contributed by atoms with Gasteiger partial charge in [0.15, 0.2) is 0 Å². The molecule has 0 bridgehead atoms. The van der Waals surface area contributed by atoms with Crippen LogP contribution in [0.3, 0.4) is 0 Å². The zero-order chi connectivity index (χ0) is 18.1. The number of amides is 1. The number of carbonyl (C=O) groups is 1. The van der Waals surface area contributed by atoms with E-state index in [0.717, 1.165) is 6.42 Å². The van der Waals surface area contributed by atoms with Crippen molar-refractivity contribution < 1.29 is 9.53 Å². The average molecular weight is 342 g/mol. The fourth-order valence-electron chi connectivity index (χ4n) is 2.39. The zero-order valence-electron chi connectivity index (χ0n) is 15.1. The van der Waals surface area contributed by atoms with Crippen LogP contribution in [0.25, 0.3) is 0 Å². The molecule has 1 aromatic heterocycles. The molecule has 25 heavy (non-hydrogen) atoms. The number of aromatic nitrogens is 2. The summed E-state index contributed by atoms with van der Waals surface area (Å²) in [4.78, 5) is 23.2. The number of benzene rings is 1. The van der Waals surface area contributed by atoms with Crippen LogP contribution in [-0.4, -0.2) is 42.2 Å². The Balaban J connectivity index is 2.10. The number of rotatable bonds is 9. The molecule has 134 valence electrons. The first kappa shape index (κ1) is 18.9. The molecular formula is C19H26N4O2. The lowest BCUT2D eigenvalue weighted by molar-refractivity contribution is 0.0943. The lowest BCUT2D eigenvalue weighted by Crippen LogP contribution is -2.33. The number of ether oxygens (including phenoxy) is 1. The minimum Gasteiger partial charge on any atom is -0.385 e. The normalized spacial score (nSPS) is 10.7. The number of nitrogens with zero attached hydrogens (tertiary/aromatic N) is 3. The molecule has 0 spiro atoms. The Kier molecular flexibility index (Phi) is 7.35. The third kappa shape index (κ3) is 5.83. The van der Waals surface area contributed by atoms with Gasteiger partial charge in [-0.2, -0.15) is 0 Å². The van der Waals surface area contributed by atoms with Crippen molar-refractivity contribution in [1.29, 1.82) is 0 Å². The smallest absolute Gasteiger partial charge is 0.270 e. The molecule has 1 aromatic carbocycles. The largest absolute Gasteiger partial charge is 0.385 e. The summed E-state index contributed by atoms with van der Waals surface area (Å²) in [5.41, 5.74) is 1.55. The first-order chi connectivity index (χ1) is 12.1. The van der Waals surface area contributed by atoms with Crippen LogP contribution < -0.4 is 10.2 Å². The molecule has 0 saturated heterocycles. The number of methoxy groups -OCH3 is 1. The summed E-state index contributed by atoms with van der Waals surface area (Å²) in [6.45, 7) is 6.04. The Morgan fingerprint density at radius 3 is 2.68 bits per heavy atom. The molecule has 0 fully saturated rings. The topological polar surface area (TPSA) is 67.3 Å². The van der Waals surface area contributed by atoms with E-state index in [2.05, 4.69) is 46.2 Å². The van der Waals surface area contributed by atoms with Crippen LogP contribution in [0, 0.1) is 0 Å².